The molecule has 2 aromatic rings. The van der Waals surface area contributed by atoms with Crippen molar-refractivity contribution in [1.82, 2.24) is 9.97 Å². The van der Waals surface area contributed by atoms with E-state index in [0.717, 1.165) is 18.2 Å². The fraction of sp³-hybridized carbons (Fsp3) is 0.267. The lowest BCUT2D eigenvalue weighted by molar-refractivity contribution is -0.116. The second kappa shape index (κ2) is 6.11. The molecule has 3 rings (SSSR count). The number of amides is 1. The number of aromatic nitrogens is 2. The molecule has 0 unspecified atom stereocenters. The molecule has 1 atom stereocenters. The lowest BCUT2D eigenvalue weighted by atomic mass is 9.87. The van der Waals surface area contributed by atoms with Crippen molar-refractivity contribution < 1.29 is 13.6 Å². The number of hydrogen-bond donors (Lipinski definition) is 2. The summed E-state index contributed by atoms with van der Waals surface area (Å²) in [7, 11) is 0. The fourth-order valence-electron chi connectivity index (χ4n) is 2.62. The molecule has 2 N–H and O–H groups in total. The molecule has 0 aliphatic carbocycles. The van der Waals surface area contributed by atoms with E-state index in [1.165, 1.54) is 11.8 Å². The van der Waals surface area contributed by atoms with Gasteiger partial charge >= 0.3 is 0 Å². The van der Waals surface area contributed by atoms with Gasteiger partial charge in [0.2, 0.25) is 5.91 Å². The van der Waals surface area contributed by atoms with Gasteiger partial charge in [-0.25, -0.2) is 13.8 Å². The molecular weight excluding hydrogens is 324 g/mol. The average molecular weight is 337 g/mol. The number of benzene rings is 1. The predicted octanol–water partition coefficient (Wildman–Crippen LogP) is 2.63. The standard InChI is InChI=1S/C15H13F2N3O2S/c1-2-23-15-19-13-12(14(22)20-15)10(6-11(21)18-13)7-3-8(16)5-9(17)4-7/h3-5,10H,2,6H2,1H3,(H2,18,19,20,21,22)/t10-/m0/s1. The van der Waals surface area contributed by atoms with E-state index in [1.807, 2.05) is 6.92 Å². The van der Waals surface area contributed by atoms with E-state index >= 15 is 0 Å². The molecule has 1 aliphatic heterocycles. The minimum atomic E-state index is -0.755. The lowest BCUT2D eigenvalue weighted by Gasteiger charge is -2.24. The summed E-state index contributed by atoms with van der Waals surface area (Å²) in [5.41, 5.74) is 0.0393. The van der Waals surface area contributed by atoms with Gasteiger partial charge in [-0.2, -0.15) is 0 Å². The third kappa shape index (κ3) is 3.12. The number of H-pyrrole nitrogens is 1. The van der Waals surface area contributed by atoms with Crippen molar-refractivity contribution in [3.8, 4) is 0 Å². The van der Waals surface area contributed by atoms with Gasteiger partial charge in [-0.3, -0.25) is 9.59 Å². The van der Waals surface area contributed by atoms with E-state index in [9.17, 15) is 18.4 Å². The molecule has 0 saturated carbocycles. The summed E-state index contributed by atoms with van der Waals surface area (Å²) in [4.78, 5) is 31.1. The number of rotatable bonds is 3. The maximum absolute atomic E-state index is 13.5. The largest absolute Gasteiger partial charge is 0.310 e. The number of fused-ring (bicyclic) bond motifs is 1. The van der Waals surface area contributed by atoms with Gasteiger partial charge in [-0.15, -0.1) is 0 Å². The van der Waals surface area contributed by atoms with E-state index in [4.69, 9.17) is 0 Å². The van der Waals surface area contributed by atoms with Gasteiger partial charge in [0.15, 0.2) is 5.16 Å². The Morgan fingerprint density at radius 1 is 1.26 bits per heavy atom. The topological polar surface area (TPSA) is 74.8 Å². The van der Waals surface area contributed by atoms with Crippen LogP contribution in [0.3, 0.4) is 0 Å². The number of aromatic amines is 1. The monoisotopic (exact) mass is 337 g/mol. The van der Waals surface area contributed by atoms with Gasteiger partial charge in [0, 0.05) is 18.4 Å². The number of carbonyl (C=O) groups is 1. The molecule has 1 aromatic heterocycles. The number of nitrogens with zero attached hydrogens (tertiary/aromatic N) is 1. The Labute approximate surface area is 134 Å². The van der Waals surface area contributed by atoms with Gasteiger partial charge in [0.1, 0.15) is 17.5 Å². The highest BCUT2D eigenvalue weighted by Crippen LogP contribution is 2.34. The van der Waals surface area contributed by atoms with Gasteiger partial charge in [-0.05, 0) is 23.4 Å². The van der Waals surface area contributed by atoms with Crippen LogP contribution in [0.5, 0.6) is 0 Å². The van der Waals surface area contributed by atoms with Gasteiger partial charge < -0.3 is 10.3 Å². The van der Waals surface area contributed by atoms with Crippen LogP contribution in [0, 0.1) is 11.6 Å². The van der Waals surface area contributed by atoms with Crippen molar-refractivity contribution in [2.24, 2.45) is 0 Å². The second-order valence-corrected chi connectivity index (χ2v) is 6.33. The first kappa shape index (κ1) is 15.7. The fourth-order valence-corrected chi connectivity index (χ4v) is 3.21. The van der Waals surface area contributed by atoms with Crippen LogP contribution in [-0.2, 0) is 4.79 Å². The number of halogens is 2. The molecule has 1 amide bonds. The zero-order valence-corrected chi connectivity index (χ0v) is 13.0. The molecule has 120 valence electrons. The molecule has 2 heterocycles. The Morgan fingerprint density at radius 3 is 2.61 bits per heavy atom. The van der Waals surface area contributed by atoms with Gasteiger partial charge in [-0.1, -0.05) is 18.7 Å². The van der Waals surface area contributed by atoms with Crippen molar-refractivity contribution in [3.63, 3.8) is 0 Å². The number of thioether (sulfide) groups is 1. The first-order valence-corrected chi connectivity index (χ1v) is 7.99. The normalized spacial score (nSPS) is 16.8. The van der Waals surface area contributed by atoms with Crippen molar-refractivity contribution in [1.29, 1.82) is 0 Å². The molecule has 1 aromatic carbocycles. The lowest BCUT2D eigenvalue weighted by Crippen LogP contribution is -2.31. The molecule has 0 bridgehead atoms. The summed E-state index contributed by atoms with van der Waals surface area (Å²) >= 11 is 1.33. The highest BCUT2D eigenvalue weighted by molar-refractivity contribution is 7.99. The van der Waals surface area contributed by atoms with Crippen LogP contribution >= 0.6 is 11.8 Å². The maximum Gasteiger partial charge on any atom is 0.257 e. The van der Waals surface area contributed by atoms with Crippen LogP contribution in [0.15, 0.2) is 28.2 Å². The van der Waals surface area contributed by atoms with Crippen LogP contribution in [0.4, 0.5) is 14.6 Å². The minimum Gasteiger partial charge on any atom is -0.310 e. The van der Waals surface area contributed by atoms with Crippen molar-refractivity contribution >= 4 is 23.5 Å². The van der Waals surface area contributed by atoms with Crippen molar-refractivity contribution in [2.45, 2.75) is 24.4 Å². The minimum absolute atomic E-state index is 0.0685. The summed E-state index contributed by atoms with van der Waals surface area (Å²) in [5.74, 6) is -1.74. The Balaban J connectivity index is 2.15. The third-order valence-electron chi connectivity index (χ3n) is 3.50. The van der Waals surface area contributed by atoms with Crippen molar-refractivity contribution in [3.05, 3.63) is 51.3 Å². The maximum atomic E-state index is 13.5. The molecule has 0 fully saturated rings. The first-order valence-electron chi connectivity index (χ1n) is 7.00. The number of hydrogen-bond acceptors (Lipinski definition) is 4. The molecule has 0 saturated heterocycles. The summed E-state index contributed by atoms with van der Waals surface area (Å²) in [6.07, 6.45) is -0.0685. The van der Waals surface area contributed by atoms with Crippen LogP contribution < -0.4 is 10.9 Å². The van der Waals surface area contributed by atoms with Gasteiger partial charge in [0.05, 0.1) is 5.56 Å². The number of carbonyl (C=O) groups excluding carboxylic acids is 1. The van der Waals surface area contributed by atoms with E-state index in [1.54, 1.807) is 0 Å². The van der Waals surface area contributed by atoms with E-state index in [0.29, 0.717) is 10.9 Å². The Bertz CT molecular complexity index is 818. The van der Waals surface area contributed by atoms with Crippen LogP contribution in [0.2, 0.25) is 0 Å². The van der Waals surface area contributed by atoms with Crippen molar-refractivity contribution in [2.75, 3.05) is 11.1 Å². The summed E-state index contributed by atoms with van der Waals surface area (Å²) in [6.45, 7) is 1.90. The van der Waals surface area contributed by atoms with Gasteiger partial charge in [0.25, 0.3) is 5.56 Å². The summed E-state index contributed by atoms with van der Waals surface area (Å²) in [5, 5.41) is 2.95. The van der Waals surface area contributed by atoms with Crippen LogP contribution in [0.25, 0.3) is 0 Å². The molecule has 5 nitrogen and oxygen atoms in total. The van der Waals surface area contributed by atoms with E-state index in [2.05, 4.69) is 15.3 Å². The van der Waals surface area contributed by atoms with E-state index in [-0.39, 0.29) is 29.3 Å². The SMILES string of the molecule is CCSc1nc2c(c(=O)[nH]1)[C@H](c1cc(F)cc(F)c1)CC(=O)N2. The molecule has 0 radical (unpaired) electrons. The highest BCUT2D eigenvalue weighted by atomic mass is 32.2. The number of anilines is 1. The molecule has 8 heteroatoms. The van der Waals surface area contributed by atoms with Crippen LogP contribution in [0.1, 0.15) is 30.4 Å². The first-order chi connectivity index (χ1) is 11.0. The highest BCUT2D eigenvalue weighted by Gasteiger charge is 2.31. The molecule has 1 aliphatic rings. The molecule has 23 heavy (non-hydrogen) atoms. The summed E-state index contributed by atoms with van der Waals surface area (Å²) in [6, 6.07) is 3.01. The second-order valence-electron chi connectivity index (χ2n) is 5.07. The zero-order chi connectivity index (χ0) is 16.6. The number of nitrogens with one attached hydrogen (secondary N) is 2. The molecule has 0 spiro atoms. The Kier molecular flexibility index (Phi) is 4.16. The Morgan fingerprint density at radius 2 is 1.96 bits per heavy atom. The average Bonchev–Trinajstić information content (AvgIpc) is 2.45. The quantitative estimate of drug-likeness (QED) is 0.667. The summed E-state index contributed by atoms with van der Waals surface area (Å²) < 4.78 is 27.0. The predicted molar refractivity (Wildman–Crippen MR) is 82.7 cm³/mol. The molecular formula is C15H13F2N3O2S. The Hall–Kier alpha value is -2.22. The third-order valence-corrected chi connectivity index (χ3v) is 4.25. The smallest absolute Gasteiger partial charge is 0.257 e. The zero-order valence-electron chi connectivity index (χ0n) is 12.2. The van der Waals surface area contributed by atoms with E-state index < -0.39 is 23.1 Å². The van der Waals surface area contributed by atoms with Crippen LogP contribution in [-0.4, -0.2) is 21.6 Å².